The van der Waals surface area contributed by atoms with Gasteiger partial charge in [-0.05, 0) is 32.0 Å². The molecule has 4 nitrogen and oxygen atoms in total. The summed E-state index contributed by atoms with van der Waals surface area (Å²) >= 11 is 7.28. The van der Waals surface area contributed by atoms with Crippen LogP contribution in [0.5, 0.6) is 5.75 Å². The molecule has 0 unspecified atom stereocenters. The zero-order valence-electron chi connectivity index (χ0n) is 10.5. The number of hydrogen-bond donors (Lipinski definition) is 1. The zero-order chi connectivity index (χ0) is 13.8. The summed E-state index contributed by atoms with van der Waals surface area (Å²) in [5, 5.41) is 5.53. The fourth-order valence-corrected chi connectivity index (χ4v) is 2.18. The lowest BCUT2D eigenvalue weighted by molar-refractivity contribution is 0.102. The predicted molar refractivity (Wildman–Crippen MR) is 77.3 cm³/mol. The number of carbonyl (C=O) groups excluding carboxylic acids is 1. The van der Waals surface area contributed by atoms with Crippen LogP contribution >= 0.6 is 22.9 Å². The molecule has 0 saturated carbocycles. The Hall–Kier alpha value is -1.59. The molecule has 1 heterocycles. The largest absolute Gasteiger partial charge is 0.490 e. The van der Waals surface area contributed by atoms with E-state index in [0.717, 1.165) is 0 Å². The summed E-state index contributed by atoms with van der Waals surface area (Å²) in [7, 11) is 0. The van der Waals surface area contributed by atoms with Gasteiger partial charge in [0, 0.05) is 16.6 Å². The Morgan fingerprint density at radius 3 is 2.89 bits per heavy atom. The Bertz CT molecular complexity index is 570. The second-order valence-electron chi connectivity index (χ2n) is 4.10. The summed E-state index contributed by atoms with van der Waals surface area (Å²) in [4.78, 5) is 16.2. The number of nitrogens with zero attached hydrogens (tertiary/aromatic N) is 1. The lowest BCUT2D eigenvalue weighted by atomic mass is 10.2. The molecule has 0 aliphatic carbocycles. The SMILES string of the molecule is CC(C)Oc1ccc(Cl)cc1C(=O)Nc1nccs1. The Kier molecular flexibility index (Phi) is 4.39. The summed E-state index contributed by atoms with van der Waals surface area (Å²) in [5.74, 6) is 0.224. The van der Waals surface area contributed by atoms with Crippen LogP contribution in [0.1, 0.15) is 24.2 Å². The topological polar surface area (TPSA) is 51.2 Å². The van der Waals surface area contributed by atoms with Gasteiger partial charge in [-0.15, -0.1) is 11.3 Å². The van der Waals surface area contributed by atoms with Crippen LogP contribution in [0, 0.1) is 0 Å². The zero-order valence-corrected chi connectivity index (χ0v) is 12.1. The molecule has 2 aromatic rings. The molecule has 1 amide bonds. The van der Waals surface area contributed by atoms with Crippen LogP contribution in [0.15, 0.2) is 29.8 Å². The summed E-state index contributed by atoms with van der Waals surface area (Å²) in [6.45, 7) is 3.80. The molecule has 0 radical (unpaired) electrons. The van der Waals surface area contributed by atoms with Crippen molar-refractivity contribution in [3.63, 3.8) is 0 Å². The maximum absolute atomic E-state index is 12.2. The molecule has 1 aromatic carbocycles. The van der Waals surface area contributed by atoms with Crippen molar-refractivity contribution in [1.29, 1.82) is 0 Å². The van der Waals surface area contributed by atoms with Crippen LogP contribution in [0.2, 0.25) is 5.02 Å². The van der Waals surface area contributed by atoms with Crippen molar-refractivity contribution in [2.24, 2.45) is 0 Å². The third-order valence-electron chi connectivity index (χ3n) is 2.20. The minimum Gasteiger partial charge on any atom is -0.490 e. The molecule has 0 fully saturated rings. The molecule has 0 aliphatic rings. The average molecular weight is 297 g/mol. The molecule has 0 atom stereocenters. The van der Waals surface area contributed by atoms with Crippen LogP contribution in [-0.2, 0) is 0 Å². The normalized spacial score (nSPS) is 10.5. The maximum Gasteiger partial charge on any atom is 0.261 e. The monoisotopic (exact) mass is 296 g/mol. The van der Waals surface area contributed by atoms with Crippen molar-refractivity contribution >= 4 is 34.0 Å². The highest BCUT2D eigenvalue weighted by Crippen LogP contribution is 2.25. The first-order chi connectivity index (χ1) is 9.06. The van der Waals surface area contributed by atoms with Gasteiger partial charge < -0.3 is 4.74 Å². The van der Waals surface area contributed by atoms with Gasteiger partial charge in [0.15, 0.2) is 5.13 Å². The number of ether oxygens (including phenoxy) is 1. The third-order valence-corrected chi connectivity index (χ3v) is 3.13. The number of carbonyl (C=O) groups is 1. The fourth-order valence-electron chi connectivity index (χ4n) is 1.49. The highest BCUT2D eigenvalue weighted by Gasteiger charge is 2.15. The quantitative estimate of drug-likeness (QED) is 0.932. The number of anilines is 1. The van der Waals surface area contributed by atoms with Crippen molar-refractivity contribution in [3.8, 4) is 5.75 Å². The lowest BCUT2D eigenvalue weighted by Crippen LogP contribution is -2.15. The second kappa shape index (κ2) is 6.04. The predicted octanol–water partition coefficient (Wildman–Crippen LogP) is 3.84. The number of hydrogen-bond acceptors (Lipinski definition) is 4. The van der Waals surface area contributed by atoms with E-state index < -0.39 is 0 Å². The van der Waals surface area contributed by atoms with Crippen molar-refractivity contribution in [2.45, 2.75) is 20.0 Å². The number of thiazole rings is 1. The number of aromatic nitrogens is 1. The molecule has 6 heteroatoms. The van der Waals surface area contributed by atoms with E-state index in [9.17, 15) is 4.79 Å². The molecule has 0 bridgehead atoms. The molecule has 0 saturated heterocycles. The first kappa shape index (κ1) is 13.8. The minimum absolute atomic E-state index is 0.0208. The van der Waals surface area contributed by atoms with Crippen LogP contribution in [0.3, 0.4) is 0 Å². The van der Waals surface area contributed by atoms with Gasteiger partial charge in [0.05, 0.1) is 11.7 Å². The number of amides is 1. The van der Waals surface area contributed by atoms with Gasteiger partial charge in [-0.2, -0.15) is 0 Å². The molecule has 2 rings (SSSR count). The Morgan fingerprint density at radius 2 is 2.26 bits per heavy atom. The van der Waals surface area contributed by atoms with Gasteiger partial charge >= 0.3 is 0 Å². The summed E-state index contributed by atoms with van der Waals surface area (Å²) < 4.78 is 5.60. The summed E-state index contributed by atoms with van der Waals surface area (Å²) in [6.07, 6.45) is 1.61. The van der Waals surface area contributed by atoms with Gasteiger partial charge in [0.1, 0.15) is 5.75 Å². The van der Waals surface area contributed by atoms with Gasteiger partial charge in [-0.25, -0.2) is 4.98 Å². The molecular formula is C13H13ClN2O2S. The smallest absolute Gasteiger partial charge is 0.261 e. The molecule has 0 aliphatic heterocycles. The van der Waals surface area contributed by atoms with E-state index in [0.29, 0.717) is 21.5 Å². The van der Waals surface area contributed by atoms with Gasteiger partial charge in [0.25, 0.3) is 5.91 Å². The maximum atomic E-state index is 12.2. The molecule has 100 valence electrons. The first-order valence-corrected chi connectivity index (χ1v) is 6.99. The van der Waals surface area contributed by atoms with Crippen LogP contribution in [0.25, 0.3) is 0 Å². The Morgan fingerprint density at radius 1 is 1.47 bits per heavy atom. The summed E-state index contributed by atoms with van der Waals surface area (Å²) in [5.41, 5.74) is 0.399. The van der Waals surface area contributed by atoms with E-state index >= 15 is 0 Å². The number of halogens is 1. The van der Waals surface area contributed by atoms with Crippen LogP contribution < -0.4 is 10.1 Å². The van der Waals surface area contributed by atoms with Crippen molar-refractivity contribution in [1.82, 2.24) is 4.98 Å². The number of nitrogens with one attached hydrogen (secondary N) is 1. The van der Waals surface area contributed by atoms with Crippen molar-refractivity contribution < 1.29 is 9.53 Å². The van der Waals surface area contributed by atoms with Gasteiger partial charge in [-0.1, -0.05) is 11.6 Å². The molecule has 1 N–H and O–H groups in total. The van der Waals surface area contributed by atoms with Crippen LogP contribution in [-0.4, -0.2) is 17.0 Å². The molecule has 19 heavy (non-hydrogen) atoms. The number of benzene rings is 1. The Balaban J connectivity index is 2.26. The van der Waals surface area contributed by atoms with Crippen LogP contribution in [0.4, 0.5) is 5.13 Å². The molecule has 1 aromatic heterocycles. The minimum atomic E-state index is -0.284. The van der Waals surface area contributed by atoms with E-state index in [1.165, 1.54) is 11.3 Å². The van der Waals surface area contributed by atoms with Gasteiger partial charge in [-0.3, -0.25) is 10.1 Å². The van der Waals surface area contributed by atoms with E-state index in [1.54, 1.807) is 29.8 Å². The van der Waals surface area contributed by atoms with E-state index in [2.05, 4.69) is 10.3 Å². The standard InChI is InChI=1S/C13H13ClN2O2S/c1-8(2)18-11-4-3-9(14)7-10(11)12(17)16-13-15-5-6-19-13/h3-8H,1-2H3,(H,15,16,17). The lowest BCUT2D eigenvalue weighted by Gasteiger charge is -2.13. The molecule has 0 spiro atoms. The van der Waals surface area contributed by atoms with E-state index in [1.807, 2.05) is 13.8 Å². The third kappa shape index (κ3) is 3.68. The Labute approximate surface area is 120 Å². The van der Waals surface area contributed by atoms with Crippen molar-refractivity contribution in [3.05, 3.63) is 40.4 Å². The highest BCUT2D eigenvalue weighted by molar-refractivity contribution is 7.13. The summed E-state index contributed by atoms with van der Waals surface area (Å²) in [6, 6.07) is 4.97. The fraction of sp³-hybridized carbons (Fsp3) is 0.231. The average Bonchev–Trinajstić information content (AvgIpc) is 2.83. The van der Waals surface area contributed by atoms with Gasteiger partial charge in [0.2, 0.25) is 0 Å². The molecular weight excluding hydrogens is 284 g/mol. The van der Waals surface area contributed by atoms with E-state index in [4.69, 9.17) is 16.3 Å². The van der Waals surface area contributed by atoms with Crippen molar-refractivity contribution in [2.75, 3.05) is 5.32 Å². The highest BCUT2D eigenvalue weighted by atomic mass is 35.5. The first-order valence-electron chi connectivity index (χ1n) is 5.73. The number of rotatable bonds is 4. The van der Waals surface area contributed by atoms with E-state index in [-0.39, 0.29) is 12.0 Å². The second-order valence-corrected chi connectivity index (χ2v) is 5.43.